The maximum atomic E-state index is 12.1. The largest absolute Gasteiger partial charge is 0.460 e. The van der Waals surface area contributed by atoms with Gasteiger partial charge in [-0.25, -0.2) is 14.8 Å². The Hall–Kier alpha value is -2.34. The smallest absolute Gasteiger partial charge is 0.319 e. The first-order valence-corrected chi connectivity index (χ1v) is 9.18. The van der Waals surface area contributed by atoms with Gasteiger partial charge in [0.05, 0.1) is 0 Å². The molecule has 2 N–H and O–H groups in total. The van der Waals surface area contributed by atoms with Gasteiger partial charge in [0.15, 0.2) is 0 Å². The van der Waals surface area contributed by atoms with Crippen molar-refractivity contribution in [1.29, 1.82) is 0 Å². The number of benzene rings is 1. The maximum absolute atomic E-state index is 12.1. The third-order valence-corrected chi connectivity index (χ3v) is 4.56. The van der Waals surface area contributed by atoms with Crippen molar-refractivity contribution in [2.24, 2.45) is 0 Å². The number of urea groups is 1. The molecule has 0 aliphatic heterocycles. The first-order chi connectivity index (χ1) is 12.5. The molecule has 6 nitrogen and oxygen atoms in total. The fourth-order valence-corrected chi connectivity index (χ4v) is 3.33. The fourth-order valence-electron chi connectivity index (χ4n) is 3.14. The van der Waals surface area contributed by atoms with Crippen LogP contribution in [0.1, 0.15) is 37.1 Å². The standard InChI is InChI=1S/C19H23ClN4O2/c1-12-10-13(2)22-19(21-12)26-17-8-6-15(7-9-17)23-18(25)24-16-5-3-4-14(20)11-16/h3-5,10-11,15,17H,6-9H2,1-2H3,(H2,23,24,25). The number of nitrogens with one attached hydrogen (secondary N) is 2. The lowest BCUT2D eigenvalue weighted by Gasteiger charge is -2.29. The molecule has 1 heterocycles. The van der Waals surface area contributed by atoms with Crippen LogP contribution in [-0.4, -0.2) is 28.1 Å². The Morgan fingerprint density at radius 2 is 1.81 bits per heavy atom. The number of rotatable bonds is 4. The molecule has 0 spiro atoms. The van der Waals surface area contributed by atoms with E-state index in [2.05, 4.69) is 20.6 Å². The Kier molecular flexibility index (Phi) is 5.93. The molecule has 0 bridgehead atoms. The Labute approximate surface area is 158 Å². The highest BCUT2D eigenvalue weighted by atomic mass is 35.5. The number of carbonyl (C=O) groups excluding carboxylic acids is 1. The van der Waals surface area contributed by atoms with Crippen molar-refractivity contribution in [2.75, 3.05) is 5.32 Å². The molecule has 26 heavy (non-hydrogen) atoms. The van der Waals surface area contributed by atoms with Crippen molar-refractivity contribution in [1.82, 2.24) is 15.3 Å². The third kappa shape index (κ3) is 5.33. The van der Waals surface area contributed by atoms with Gasteiger partial charge in [-0.1, -0.05) is 17.7 Å². The molecule has 7 heteroatoms. The highest BCUT2D eigenvalue weighted by molar-refractivity contribution is 6.30. The normalized spacial score (nSPS) is 19.7. The zero-order valence-electron chi connectivity index (χ0n) is 15.0. The molecule has 1 saturated carbocycles. The van der Waals surface area contributed by atoms with Gasteiger partial charge >= 0.3 is 12.0 Å². The van der Waals surface area contributed by atoms with Crippen LogP contribution in [0.2, 0.25) is 5.02 Å². The van der Waals surface area contributed by atoms with Crippen LogP contribution in [0.15, 0.2) is 30.3 Å². The molecular weight excluding hydrogens is 352 g/mol. The predicted octanol–water partition coefficient (Wildman–Crippen LogP) is 4.26. The molecule has 1 aromatic heterocycles. The molecule has 0 atom stereocenters. The van der Waals surface area contributed by atoms with Gasteiger partial charge < -0.3 is 15.4 Å². The van der Waals surface area contributed by atoms with Gasteiger partial charge in [0, 0.05) is 28.1 Å². The van der Waals surface area contributed by atoms with E-state index in [0.29, 0.717) is 16.7 Å². The summed E-state index contributed by atoms with van der Waals surface area (Å²) in [6, 6.07) is 9.38. The molecule has 138 valence electrons. The molecule has 3 rings (SSSR count). The van der Waals surface area contributed by atoms with Gasteiger partial charge in [0.1, 0.15) is 6.10 Å². The number of nitrogens with zero attached hydrogens (tertiary/aromatic N) is 2. The number of halogens is 1. The lowest BCUT2D eigenvalue weighted by atomic mass is 9.93. The van der Waals surface area contributed by atoms with Crippen LogP contribution in [-0.2, 0) is 0 Å². The van der Waals surface area contributed by atoms with E-state index in [4.69, 9.17) is 16.3 Å². The van der Waals surface area contributed by atoms with Crippen molar-refractivity contribution in [3.63, 3.8) is 0 Å². The van der Waals surface area contributed by atoms with E-state index in [1.807, 2.05) is 19.9 Å². The summed E-state index contributed by atoms with van der Waals surface area (Å²) in [6.45, 7) is 3.86. The average molecular weight is 375 g/mol. The highest BCUT2D eigenvalue weighted by Gasteiger charge is 2.24. The van der Waals surface area contributed by atoms with Crippen LogP contribution in [0.4, 0.5) is 10.5 Å². The molecule has 2 amide bonds. The summed E-state index contributed by atoms with van der Waals surface area (Å²) in [5.41, 5.74) is 2.49. The summed E-state index contributed by atoms with van der Waals surface area (Å²) >= 11 is 5.93. The molecule has 0 unspecified atom stereocenters. The lowest BCUT2D eigenvalue weighted by molar-refractivity contribution is 0.129. The number of aromatic nitrogens is 2. The van der Waals surface area contributed by atoms with Gasteiger partial charge in [-0.15, -0.1) is 0 Å². The summed E-state index contributed by atoms with van der Waals surface area (Å²) in [6.07, 6.45) is 3.53. The second-order valence-corrected chi connectivity index (χ2v) is 7.07. The maximum Gasteiger partial charge on any atom is 0.319 e. The first-order valence-electron chi connectivity index (χ1n) is 8.80. The molecule has 0 saturated heterocycles. The Morgan fingerprint density at radius 1 is 1.12 bits per heavy atom. The van der Waals surface area contributed by atoms with Crippen LogP contribution < -0.4 is 15.4 Å². The number of ether oxygens (including phenoxy) is 1. The topological polar surface area (TPSA) is 76.1 Å². The van der Waals surface area contributed by atoms with Crippen LogP contribution in [0.5, 0.6) is 6.01 Å². The number of aryl methyl sites for hydroxylation is 2. The van der Waals surface area contributed by atoms with Crippen molar-refractivity contribution in [3.8, 4) is 6.01 Å². The molecular formula is C19H23ClN4O2. The SMILES string of the molecule is Cc1cc(C)nc(OC2CCC(NC(=O)Nc3cccc(Cl)c3)CC2)n1. The van der Waals surface area contributed by atoms with Crippen LogP contribution >= 0.6 is 11.6 Å². The monoisotopic (exact) mass is 374 g/mol. The number of amides is 2. The minimum absolute atomic E-state index is 0.0882. The van der Waals surface area contributed by atoms with E-state index in [-0.39, 0.29) is 18.2 Å². The van der Waals surface area contributed by atoms with Gasteiger partial charge in [0.25, 0.3) is 0 Å². The second kappa shape index (κ2) is 8.36. The Bertz CT molecular complexity index is 756. The van der Waals surface area contributed by atoms with E-state index < -0.39 is 0 Å². The van der Waals surface area contributed by atoms with Gasteiger partial charge in [-0.2, -0.15) is 0 Å². The lowest BCUT2D eigenvalue weighted by Crippen LogP contribution is -2.41. The first kappa shape index (κ1) is 18.5. The predicted molar refractivity (Wildman–Crippen MR) is 102 cm³/mol. The minimum Gasteiger partial charge on any atom is -0.460 e. The summed E-state index contributed by atoms with van der Waals surface area (Å²) in [5, 5.41) is 6.41. The molecule has 2 aromatic rings. The van der Waals surface area contributed by atoms with Crippen LogP contribution in [0.3, 0.4) is 0 Å². The summed E-state index contributed by atoms with van der Waals surface area (Å²) in [4.78, 5) is 20.8. The van der Waals surface area contributed by atoms with E-state index >= 15 is 0 Å². The Balaban J connectivity index is 1.45. The van der Waals surface area contributed by atoms with Crippen molar-refractivity contribution in [3.05, 3.63) is 46.7 Å². The zero-order chi connectivity index (χ0) is 18.5. The molecule has 1 aromatic carbocycles. The van der Waals surface area contributed by atoms with Crippen molar-refractivity contribution >= 4 is 23.3 Å². The average Bonchev–Trinajstić information content (AvgIpc) is 2.55. The van der Waals surface area contributed by atoms with Gasteiger partial charge in [-0.3, -0.25) is 0 Å². The van der Waals surface area contributed by atoms with Crippen molar-refractivity contribution in [2.45, 2.75) is 51.7 Å². The molecule has 1 fully saturated rings. The van der Waals surface area contributed by atoms with E-state index in [1.54, 1.807) is 24.3 Å². The van der Waals surface area contributed by atoms with Crippen LogP contribution in [0.25, 0.3) is 0 Å². The molecule has 1 aliphatic rings. The summed E-state index contributed by atoms with van der Waals surface area (Å²) < 4.78 is 5.91. The quantitative estimate of drug-likeness (QED) is 0.838. The van der Waals surface area contributed by atoms with E-state index in [0.717, 1.165) is 37.1 Å². The Morgan fingerprint density at radius 3 is 2.46 bits per heavy atom. The van der Waals surface area contributed by atoms with Crippen molar-refractivity contribution < 1.29 is 9.53 Å². The van der Waals surface area contributed by atoms with Crippen LogP contribution in [0, 0.1) is 13.8 Å². The van der Waals surface area contributed by atoms with Gasteiger partial charge in [0.2, 0.25) is 0 Å². The van der Waals surface area contributed by atoms with E-state index in [9.17, 15) is 4.79 Å². The van der Waals surface area contributed by atoms with E-state index in [1.165, 1.54) is 0 Å². The highest BCUT2D eigenvalue weighted by Crippen LogP contribution is 2.23. The molecule has 1 aliphatic carbocycles. The number of anilines is 1. The second-order valence-electron chi connectivity index (χ2n) is 6.63. The zero-order valence-corrected chi connectivity index (χ0v) is 15.7. The number of hydrogen-bond acceptors (Lipinski definition) is 4. The molecule has 0 radical (unpaired) electrons. The number of hydrogen-bond donors (Lipinski definition) is 2. The summed E-state index contributed by atoms with van der Waals surface area (Å²) in [7, 11) is 0. The third-order valence-electron chi connectivity index (χ3n) is 4.33. The fraction of sp³-hybridized carbons (Fsp3) is 0.421. The number of carbonyl (C=O) groups is 1. The summed E-state index contributed by atoms with van der Waals surface area (Å²) in [5.74, 6) is 0. The van der Waals surface area contributed by atoms with Gasteiger partial charge in [-0.05, 0) is 63.8 Å². The minimum atomic E-state index is -0.214.